The third-order valence-electron chi connectivity index (χ3n) is 2.37. The molecule has 1 aromatic carbocycles. The highest BCUT2D eigenvalue weighted by atomic mass is 127. The van der Waals surface area contributed by atoms with Crippen molar-refractivity contribution in [3.63, 3.8) is 0 Å². The van der Waals surface area contributed by atoms with Crippen molar-refractivity contribution in [2.75, 3.05) is 11.1 Å². The maximum Gasteiger partial charge on any atom is 0.332 e. The first-order chi connectivity index (χ1) is 8.97. The summed E-state index contributed by atoms with van der Waals surface area (Å²) in [7, 11) is 0. The molecule has 0 unspecified atom stereocenters. The maximum atomic E-state index is 11.0. The molecule has 0 aliphatic carbocycles. The summed E-state index contributed by atoms with van der Waals surface area (Å²) in [5.41, 5.74) is 6.27. The monoisotopic (exact) mass is 371 g/mol. The van der Waals surface area contributed by atoms with Gasteiger partial charge in [0.2, 0.25) is 11.8 Å². The third kappa shape index (κ3) is 3.08. The second kappa shape index (κ2) is 5.34. The number of halogens is 1. The van der Waals surface area contributed by atoms with Crippen molar-refractivity contribution >= 4 is 45.7 Å². The molecule has 7 nitrogen and oxygen atoms in total. The van der Waals surface area contributed by atoms with E-state index in [1.54, 1.807) is 12.1 Å². The number of nitrogens with zero attached hydrogens (tertiary/aromatic N) is 3. The van der Waals surface area contributed by atoms with Gasteiger partial charge in [-0.15, -0.1) is 0 Å². The Kier molecular flexibility index (Phi) is 3.79. The Morgan fingerprint density at radius 2 is 1.95 bits per heavy atom. The fourth-order valence-corrected chi connectivity index (χ4v) is 1.92. The summed E-state index contributed by atoms with van der Waals surface area (Å²) in [5.74, 6) is 0.0901. The Hall–Kier alpha value is -1.97. The lowest BCUT2D eigenvalue weighted by molar-refractivity contribution is -0.385. The molecule has 0 bridgehead atoms. The highest BCUT2D eigenvalue weighted by Gasteiger charge is 2.21. The number of aromatic nitrogens is 2. The number of rotatable bonds is 3. The fourth-order valence-electron chi connectivity index (χ4n) is 1.56. The van der Waals surface area contributed by atoms with Crippen LogP contribution >= 0.6 is 22.6 Å². The van der Waals surface area contributed by atoms with E-state index in [4.69, 9.17) is 5.73 Å². The molecule has 0 atom stereocenters. The van der Waals surface area contributed by atoms with E-state index in [2.05, 4.69) is 37.9 Å². The van der Waals surface area contributed by atoms with Gasteiger partial charge in [0.1, 0.15) is 5.69 Å². The SMILES string of the molecule is Cc1nc(N)nc(Nc2ccc(I)cc2)c1[N+](=O)[O-]. The average Bonchev–Trinajstić information content (AvgIpc) is 2.30. The average molecular weight is 371 g/mol. The van der Waals surface area contributed by atoms with E-state index in [1.165, 1.54) is 6.92 Å². The van der Waals surface area contributed by atoms with E-state index < -0.39 is 4.92 Å². The predicted molar refractivity (Wildman–Crippen MR) is 80.3 cm³/mol. The van der Waals surface area contributed by atoms with Crippen LogP contribution < -0.4 is 11.1 Å². The Balaban J connectivity index is 2.44. The number of benzene rings is 1. The van der Waals surface area contributed by atoms with Crippen molar-refractivity contribution in [3.8, 4) is 0 Å². The van der Waals surface area contributed by atoms with Crippen LogP contribution in [0.5, 0.6) is 0 Å². The predicted octanol–water partition coefficient (Wildman–Crippen LogP) is 2.62. The molecular formula is C11H10IN5O2. The standard InChI is InChI=1S/C11H10IN5O2/c1-6-9(17(18)19)10(16-11(13)14-6)15-8-4-2-7(12)3-5-8/h2-5H,1H3,(H3,13,14,15,16). The van der Waals surface area contributed by atoms with Gasteiger partial charge >= 0.3 is 5.69 Å². The van der Waals surface area contributed by atoms with Crippen molar-refractivity contribution < 1.29 is 4.92 Å². The zero-order chi connectivity index (χ0) is 14.0. The normalized spacial score (nSPS) is 10.2. The molecule has 0 saturated heterocycles. The molecule has 0 radical (unpaired) electrons. The molecule has 0 saturated carbocycles. The number of aryl methyl sites for hydroxylation is 1. The van der Waals surface area contributed by atoms with E-state index in [0.717, 1.165) is 3.57 Å². The molecule has 3 N–H and O–H groups in total. The number of nitrogens with two attached hydrogens (primary N) is 1. The van der Waals surface area contributed by atoms with Gasteiger partial charge in [-0.1, -0.05) is 0 Å². The fraction of sp³-hybridized carbons (Fsp3) is 0.0909. The van der Waals surface area contributed by atoms with Crippen LogP contribution in [0.1, 0.15) is 5.69 Å². The molecular weight excluding hydrogens is 361 g/mol. The summed E-state index contributed by atoms with van der Waals surface area (Å²) in [6.45, 7) is 1.52. The number of hydrogen-bond acceptors (Lipinski definition) is 6. The summed E-state index contributed by atoms with van der Waals surface area (Å²) in [6, 6.07) is 7.37. The number of anilines is 3. The van der Waals surface area contributed by atoms with Crippen LogP contribution in [0.15, 0.2) is 24.3 Å². The maximum absolute atomic E-state index is 11.0. The summed E-state index contributed by atoms with van der Waals surface area (Å²) < 4.78 is 1.07. The number of hydrogen-bond donors (Lipinski definition) is 2. The largest absolute Gasteiger partial charge is 0.368 e. The smallest absolute Gasteiger partial charge is 0.332 e. The molecule has 19 heavy (non-hydrogen) atoms. The lowest BCUT2D eigenvalue weighted by atomic mass is 10.3. The second-order valence-electron chi connectivity index (χ2n) is 3.75. The van der Waals surface area contributed by atoms with Gasteiger partial charge in [0.15, 0.2) is 0 Å². The summed E-state index contributed by atoms with van der Waals surface area (Å²) in [6.07, 6.45) is 0. The minimum atomic E-state index is -0.524. The van der Waals surface area contributed by atoms with Gasteiger partial charge in [0.05, 0.1) is 4.92 Å². The molecule has 0 amide bonds. The van der Waals surface area contributed by atoms with Gasteiger partial charge < -0.3 is 11.1 Å². The van der Waals surface area contributed by atoms with Crippen molar-refractivity contribution in [3.05, 3.63) is 43.6 Å². The molecule has 0 fully saturated rings. The van der Waals surface area contributed by atoms with Gasteiger partial charge in [0.25, 0.3) is 0 Å². The first-order valence-electron chi connectivity index (χ1n) is 5.28. The number of nitrogen functional groups attached to an aromatic ring is 1. The molecule has 1 aromatic heterocycles. The van der Waals surface area contributed by atoms with Crippen LogP contribution in [0, 0.1) is 20.6 Å². The van der Waals surface area contributed by atoms with Crippen LogP contribution in [0.3, 0.4) is 0 Å². The third-order valence-corrected chi connectivity index (χ3v) is 3.08. The van der Waals surface area contributed by atoms with E-state index in [-0.39, 0.29) is 23.1 Å². The van der Waals surface area contributed by atoms with Crippen molar-refractivity contribution in [2.45, 2.75) is 6.92 Å². The molecule has 98 valence electrons. The van der Waals surface area contributed by atoms with Crippen LogP contribution in [0.2, 0.25) is 0 Å². The Morgan fingerprint density at radius 3 is 2.53 bits per heavy atom. The van der Waals surface area contributed by atoms with Gasteiger partial charge in [-0.2, -0.15) is 4.98 Å². The number of nitrogens with one attached hydrogen (secondary N) is 1. The minimum Gasteiger partial charge on any atom is -0.368 e. The molecule has 1 heterocycles. The van der Waals surface area contributed by atoms with Gasteiger partial charge in [0, 0.05) is 9.26 Å². The molecule has 0 spiro atoms. The zero-order valence-corrected chi connectivity index (χ0v) is 12.1. The molecule has 2 rings (SSSR count). The van der Waals surface area contributed by atoms with Crippen LogP contribution in [0.25, 0.3) is 0 Å². The lowest BCUT2D eigenvalue weighted by Gasteiger charge is -2.08. The first-order valence-corrected chi connectivity index (χ1v) is 6.36. The van der Waals surface area contributed by atoms with Gasteiger partial charge in [-0.05, 0) is 53.8 Å². The van der Waals surface area contributed by atoms with E-state index in [0.29, 0.717) is 5.69 Å². The van der Waals surface area contributed by atoms with E-state index >= 15 is 0 Å². The molecule has 0 aliphatic rings. The van der Waals surface area contributed by atoms with Crippen LogP contribution in [0.4, 0.5) is 23.1 Å². The van der Waals surface area contributed by atoms with Crippen molar-refractivity contribution in [1.29, 1.82) is 0 Å². The highest BCUT2D eigenvalue weighted by Crippen LogP contribution is 2.28. The summed E-state index contributed by atoms with van der Waals surface area (Å²) in [5, 5.41) is 13.9. The summed E-state index contributed by atoms with van der Waals surface area (Å²) in [4.78, 5) is 18.2. The first kappa shape index (κ1) is 13.5. The Morgan fingerprint density at radius 1 is 1.32 bits per heavy atom. The van der Waals surface area contributed by atoms with Gasteiger partial charge in [-0.3, -0.25) is 10.1 Å². The quantitative estimate of drug-likeness (QED) is 0.488. The topological polar surface area (TPSA) is 107 Å². The number of nitro groups is 1. The molecule has 2 aromatic rings. The second-order valence-corrected chi connectivity index (χ2v) is 5.00. The van der Waals surface area contributed by atoms with E-state index in [1.807, 2.05) is 12.1 Å². The Bertz CT molecular complexity index is 630. The van der Waals surface area contributed by atoms with E-state index in [9.17, 15) is 10.1 Å². The van der Waals surface area contributed by atoms with Crippen LogP contribution in [-0.4, -0.2) is 14.9 Å². The lowest BCUT2D eigenvalue weighted by Crippen LogP contribution is -2.06. The zero-order valence-electron chi connectivity index (χ0n) is 9.92. The van der Waals surface area contributed by atoms with Crippen molar-refractivity contribution in [2.24, 2.45) is 0 Å². The van der Waals surface area contributed by atoms with Gasteiger partial charge in [-0.25, -0.2) is 4.98 Å². The Labute approximate surface area is 122 Å². The molecule has 8 heteroatoms. The minimum absolute atomic E-state index is 0.00360. The van der Waals surface area contributed by atoms with Crippen LogP contribution in [-0.2, 0) is 0 Å². The highest BCUT2D eigenvalue weighted by molar-refractivity contribution is 14.1. The molecule has 0 aliphatic heterocycles. The van der Waals surface area contributed by atoms with Crippen molar-refractivity contribution in [1.82, 2.24) is 9.97 Å². The summed E-state index contributed by atoms with van der Waals surface area (Å²) >= 11 is 2.17.